The molecule has 0 aliphatic carbocycles. The van der Waals surface area contributed by atoms with Gasteiger partial charge in [-0.25, -0.2) is 0 Å². The van der Waals surface area contributed by atoms with Gasteiger partial charge in [0.1, 0.15) is 5.75 Å². The number of nitrogens with one attached hydrogen (secondary N) is 1. The average Bonchev–Trinajstić information content (AvgIpc) is 2.48. The van der Waals surface area contributed by atoms with E-state index in [9.17, 15) is 4.79 Å². The Labute approximate surface area is 127 Å². The summed E-state index contributed by atoms with van der Waals surface area (Å²) in [6.07, 6.45) is -0.544. The van der Waals surface area contributed by atoms with Gasteiger partial charge in [0, 0.05) is 6.54 Å². The average molecular weight is 334 g/mol. The minimum absolute atomic E-state index is 0.135. The number of ether oxygens (including phenoxy) is 1. The van der Waals surface area contributed by atoms with Crippen molar-refractivity contribution in [3.8, 4) is 5.75 Å². The third-order valence-corrected chi connectivity index (χ3v) is 3.47. The molecule has 0 saturated carbocycles. The number of carbonyl (C=O) groups is 1. The largest absolute Gasteiger partial charge is 0.480 e. The van der Waals surface area contributed by atoms with Crippen LogP contribution in [0.1, 0.15) is 12.5 Å². The molecule has 1 amide bonds. The summed E-state index contributed by atoms with van der Waals surface area (Å²) in [4.78, 5) is 12.0. The van der Waals surface area contributed by atoms with Gasteiger partial charge in [0.25, 0.3) is 5.91 Å². The SMILES string of the molecule is C[C@H](Oc1ccccc1Br)C(=O)NCc1ccccc1. The van der Waals surface area contributed by atoms with Gasteiger partial charge in [0.15, 0.2) is 6.10 Å². The summed E-state index contributed by atoms with van der Waals surface area (Å²) in [7, 11) is 0. The van der Waals surface area contributed by atoms with Crippen LogP contribution in [0.2, 0.25) is 0 Å². The first-order valence-electron chi connectivity index (χ1n) is 6.39. The molecule has 1 N–H and O–H groups in total. The first kappa shape index (κ1) is 14.6. The van der Waals surface area contributed by atoms with Crippen LogP contribution in [0.25, 0.3) is 0 Å². The summed E-state index contributed by atoms with van der Waals surface area (Å²) in [5.74, 6) is 0.527. The smallest absolute Gasteiger partial charge is 0.261 e. The van der Waals surface area contributed by atoms with Gasteiger partial charge in [-0.1, -0.05) is 42.5 Å². The van der Waals surface area contributed by atoms with E-state index in [2.05, 4.69) is 21.2 Å². The maximum Gasteiger partial charge on any atom is 0.261 e. The Hall–Kier alpha value is -1.81. The van der Waals surface area contributed by atoms with Crippen LogP contribution in [0.3, 0.4) is 0 Å². The van der Waals surface area contributed by atoms with E-state index in [-0.39, 0.29) is 5.91 Å². The molecule has 1 atom stereocenters. The summed E-state index contributed by atoms with van der Waals surface area (Å²) >= 11 is 3.39. The van der Waals surface area contributed by atoms with E-state index in [0.29, 0.717) is 12.3 Å². The summed E-state index contributed by atoms with van der Waals surface area (Å²) in [6, 6.07) is 17.3. The number of amides is 1. The highest BCUT2D eigenvalue weighted by molar-refractivity contribution is 9.10. The predicted octanol–water partition coefficient (Wildman–Crippen LogP) is 3.53. The fraction of sp³-hybridized carbons (Fsp3) is 0.188. The molecular formula is C16H16BrNO2. The minimum atomic E-state index is -0.544. The van der Waals surface area contributed by atoms with E-state index in [1.807, 2.05) is 54.6 Å². The molecule has 0 aliphatic rings. The van der Waals surface area contributed by atoms with Gasteiger partial charge in [-0.2, -0.15) is 0 Å². The maximum absolute atomic E-state index is 12.0. The number of hydrogen-bond donors (Lipinski definition) is 1. The number of hydrogen-bond acceptors (Lipinski definition) is 2. The number of para-hydroxylation sites is 1. The van der Waals surface area contributed by atoms with Crippen molar-refractivity contribution in [2.75, 3.05) is 0 Å². The zero-order chi connectivity index (χ0) is 14.4. The van der Waals surface area contributed by atoms with Crippen LogP contribution in [0.4, 0.5) is 0 Å². The molecule has 0 radical (unpaired) electrons. The Kier molecular flexibility index (Phi) is 5.18. The van der Waals surface area contributed by atoms with Gasteiger partial charge in [-0.3, -0.25) is 4.79 Å². The molecule has 20 heavy (non-hydrogen) atoms. The number of carbonyl (C=O) groups excluding carboxylic acids is 1. The van der Waals surface area contributed by atoms with Gasteiger partial charge in [0.2, 0.25) is 0 Å². The maximum atomic E-state index is 12.0. The van der Waals surface area contributed by atoms with Crippen molar-refractivity contribution in [2.24, 2.45) is 0 Å². The van der Waals surface area contributed by atoms with Gasteiger partial charge in [-0.05, 0) is 40.5 Å². The third-order valence-electron chi connectivity index (χ3n) is 2.82. The van der Waals surface area contributed by atoms with E-state index >= 15 is 0 Å². The molecule has 0 aliphatic heterocycles. The molecule has 0 fully saturated rings. The molecule has 0 heterocycles. The molecule has 0 saturated heterocycles. The standard InChI is InChI=1S/C16H16BrNO2/c1-12(20-15-10-6-5-9-14(15)17)16(19)18-11-13-7-3-2-4-8-13/h2-10,12H,11H2,1H3,(H,18,19)/t12-/m0/s1. The molecule has 3 nitrogen and oxygen atoms in total. The lowest BCUT2D eigenvalue weighted by atomic mass is 10.2. The van der Waals surface area contributed by atoms with Gasteiger partial charge < -0.3 is 10.1 Å². The van der Waals surface area contributed by atoms with Crippen LogP contribution in [0, 0.1) is 0 Å². The fourth-order valence-corrected chi connectivity index (χ4v) is 2.09. The normalized spacial score (nSPS) is 11.7. The topological polar surface area (TPSA) is 38.3 Å². The lowest BCUT2D eigenvalue weighted by molar-refractivity contribution is -0.127. The van der Waals surface area contributed by atoms with Crippen LogP contribution in [0.15, 0.2) is 59.1 Å². The summed E-state index contributed by atoms with van der Waals surface area (Å²) in [6.45, 7) is 2.24. The second-order valence-electron chi connectivity index (χ2n) is 4.39. The van der Waals surface area contributed by atoms with Crippen molar-refractivity contribution >= 4 is 21.8 Å². The van der Waals surface area contributed by atoms with Crippen molar-refractivity contribution in [1.29, 1.82) is 0 Å². The number of halogens is 1. The molecule has 2 rings (SSSR count). The van der Waals surface area contributed by atoms with E-state index in [1.165, 1.54) is 0 Å². The Morgan fingerprint density at radius 2 is 1.80 bits per heavy atom. The molecular weight excluding hydrogens is 318 g/mol. The number of benzene rings is 2. The minimum Gasteiger partial charge on any atom is -0.480 e. The fourth-order valence-electron chi connectivity index (χ4n) is 1.71. The molecule has 2 aromatic carbocycles. The zero-order valence-corrected chi connectivity index (χ0v) is 12.8. The third kappa shape index (κ3) is 4.10. The quantitative estimate of drug-likeness (QED) is 0.908. The Morgan fingerprint density at radius 1 is 1.15 bits per heavy atom. The lowest BCUT2D eigenvalue weighted by Gasteiger charge is -2.15. The Morgan fingerprint density at radius 3 is 2.50 bits per heavy atom. The Bertz CT molecular complexity index is 572. The second kappa shape index (κ2) is 7.10. The summed E-state index contributed by atoms with van der Waals surface area (Å²) in [5, 5.41) is 2.86. The van der Waals surface area contributed by atoms with Crippen LogP contribution < -0.4 is 10.1 Å². The van der Waals surface area contributed by atoms with Crippen molar-refractivity contribution in [3.05, 3.63) is 64.6 Å². The van der Waals surface area contributed by atoms with Crippen LogP contribution in [0.5, 0.6) is 5.75 Å². The first-order chi connectivity index (χ1) is 9.66. The molecule has 0 unspecified atom stereocenters. The van der Waals surface area contributed by atoms with Crippen molar-refractivity contribution < 1.29 is 9.53 Å². The van der Waals surface area contributed by atoms with Crippen molar-refractivity contribution in [1.82, 2.24) is 5.32 Å². The van der Waals surface area contributed by atoms with Gasteiger partial charge in [0.05, 0.1) is 4.47 Å². The van der Waals surface area contributed by atoms with E-state index in [0.717, 1.165) is 10.0 Å². The molecule has 2 aromatic rings. The summed E-state index contributed by atoms with van der Waals surface area (Å²) < 4.78 is 6.47. The molecule has 4 heteroatoms. The molecule has 0 bridgehead atoms. The van der Waals surface area contributed by atoms with Crippen molar-refractivity contribution in [3.63, 3.8) is 0 Å². The highest BCUT2D eigenvalue weighted by atomic mass is 79.9. The predicted molar refractivity (Wildman–Crippen MR) is 82.5 cm³/mol. The van der Waals surface area contributed by atoms with E-state index < -0.39 is 6.10 Å². The molecule has 104 valence electrons. The van der Waals surface area contributed by atoms with Crippen LogP contribution >= 0.6 is 15.9 Å². The summed E-state index contributed by atoms with van der Waals surface area (Å²) in [5.41, 5.74) is 1.06. The number of rotatable bonds is 5. The molecule has 0 aromatic heterocycles. The first-order valence-corrected chi connectivity index (χ1v) is 7.19. The van der Waals surface area contributed by atoms with Gasteiger partial charge >= 0.3 is 0 Å². The highest BCUT2D eigenvalue weighted by Gasteiger charge is 2.15. The van der Waals surface area contributed by atoms with Crippen LogP contribution in [-0.4, -0.2) is 12.0 Å². The monoisotopic (exact) mass is 333 g/mol. The Balaban J connectivity index is 1.88. The van der Waals surface area contributed by atoms with Crippen molar-refractivity contribution in [2.45, 2.75) is 19.6 Å². The zero-order valence-electron chi connectivity index (χ0n) is 11.2. The van der Waals surface area contributed by atoms with Gasteiger partial charge in [-0.15, -0.1) is 0 Å². The molecule has 0 spiro atoms. The second-order valence-corrected chi connectivity index (χ2v) is 5.25. The van der Waals surface area contributed by atoms with Crippen LogP contribution in [-0.2, 0) is 11.3 Å². The van der Waals surface area contributed by atoms with E-state index in [4.69, 9.17) is 4.74 Å². The van der Waals surface area contributed by atoms with E-state index in [1.54, 1.807) is 6.92 Å². The lowest BCUT2D eigenvalue weighted by Crippen LogP contribution is -2.35. The highest BCUT2D eigenvalue weighted by Crippen LogP contribution is 2.24.